The molecular formula is C12H14ClNO4. The lowest BCUT2D eigenvalue weighted by Crippen LogP contribution is -2.21. The van der Waals surface area contributed by atoms with Crippen LogP contribution in [-0.2, 0) is 4.74 Å². The number of nitrogens with zero attached hydrogens (tertiary/aromatic N) is 1. The lowest BCUT2D eigenvalue weighted by Gasteiger charge is -2.21. The molecule has 0 aliphatic carbocycles. The molecule has 18 heavy (non-hydrogen) atoms. The van der Waals surface area contributed by atoms with Crippen molar-refractivity contribution in [2.75, 3.05) is 19.8 Å². The maximum absolute atomic E-state index is 10.7. The zero-order valence-electron chi connectivity index (χ0n) is 9.76. The Kier molecular flexibility index (Phi) is 4.38. The number of halogens is 1. The summed E-state index contributed by atoms with van der Waals surface area (Å²) in [5.41, 5.74) is 0.0541. The number of carboxylic acids is 1. The van der Waals surface area contributed by atoms with Crippen molar-refractivity contribution >= 4 is 17.6 Å². The van der Waals surface area contributed by atoms with Crippen molar-refractivity contribution < 1.29 is 19.4 Å². The molecule has 1 N–H and O–H groups in total. The van der Waals surface area contributed by atoms with Crippen LogP contribution in [0, 0.1) is 5.92 Å². The Bertz CT molecular complexity index is 432. The molecule has 1 aliphatic rings. The number of hydrogen-bond donors (Lipinski definition) is 1. The van der Waals surface area contributed by atoms with Gasteiger partial charge in [-0.3, -0.25) is 0 Å². The van der Waals surface area contributed by atoms with E-state index >= 15 is 0 Å². The molecule has 1 saturated heterocycles. The largest absolute Gasteiger partial charge is 0.478 e. The van der Waals surface area contributed by atoms with Gasteiger partial charge >= 0.3 is 5.97 Å². The lowest BCUT2D eigenvalue weighted by molar-refractivity contribution is 0.0490. The molecule has 2 heterocycles. The molecule has 1 fully saturated rings. The summed E-state index contributed by atoms with van der Waals surface area (Å²) in [5.74, 6) is -0.329. The standard InChI is InChI=1S/C12H14ClNO4/c13-10-5-9(12(15)16)6-14-11(10)18-7-8-1-3-17-4-2-8/h5-6,8H,1-4,7H2,(H,15,16). The summed E-state index contributed by atoms with van der Waals surface area (Å²) in [6, 6.07) is 1.34. The summed E-state index contributed by atoms with van der Waals surface area (Å²) in [4.78, 5) is 14.6. The highest BCUT2D eigenvalue weighted by molar-refractivity contribution is 6.32. The number of aromatic nitrogens is 1. The van der Waals surface area contributed by atoms with Gasteiger partial charge in [0, 0.05) is 19.4 Å². The van der Waals surface area contributed by atoms with Gasteiger partial charge in [-0.15, -0.1) is 0 Å². The Morgan fingerprint density at radius 1 is 1.56 bits per heavy atom. The van der Waals surface area contributed by atoms with Crippen molar-refractivity contribution in [2.45, 2.75) is 12.8 Å². The minimum absolute atomic E-state index is 0.0541. The van der Waals surface area contributed by atoms with Gasteiger partial charge in [-0.2, -0.15) is 0 Å². The second kappa shape index (κ2) is 6.02. The van der Waals surface area contributed by atoms with E-state index < -0.39 is 5.97 Å². The Hall–Kier alpha value is -1.33. The van der Waals surface area contributed by atoms with Gasteiger partial charge in [0.1, 0.15) is 5.02 Å². The molecule has 0 bridgehead atoms. The summed E-state index contributed by atoms with van der Waals surface area (Å²) < 4.78 is 10.8. The van der Waals surface area contributed by atoms with Gasteiger partial charge in [0.15, 0.2) is 0 Å². The highest BCUT2D eigenvalue weighted by atomic mass is 35.5. The molecule has 1 aromatic heterocycles. The number of ether oxygens (including phenoxy) is 2. The first kappa shape index (κ1) is 13.1. The van der Waals surface area contributed by atoms with Crippen LogP contribution in [0.15, 0.2) is 12.3 Å². The number of carbonyl (C=O) groups is 1. The van der Waals surface area contributed by atoms with Gasteiger partial charge in [0.2, 0.25) is 5.88 Å². The fraction of sp³-hybridized carbons (Fsp3) is 0.500. The van der Waals surface area contributed by atoms with Gasteiger partial charge in [0.05, 0.1) is 12.2 Å². The van der Waals surface area contributed by atoms with E-state index in [1.807, 2.05) is 0 Å². The normalized spacial score (nSPS) is 16.5. The minimum atomic E-state index is -1.06. The van der Waals surface area contributed by atoms with Crippen molar-refractivity contribution in [3.8, 4) is 5.88 Å². The Labute approximate surface area is 110 Å². The van der Waals surface area contributed by atoms with E-state index in [2.05, 4.69) is 4.98 Å². The SMILES string of the molecule is O=C(O)c1cnc(OCC2CCOCC2)c(Cl)c1. The molecule has 0 radical (unpaired) electrons. The van der Waals surface area contributed by atoms with E-state index in [4.69, 9.17) is 26.2 Å². The maximum Gasteiger partial charge on any atom is 0.337 e. The molecule has 2 rings (SSSR count). The minimum Gasteiger partial charge on any atom is -0.478 e. The van der Waals surface area contributed by atoms with Crippen LogP contribution >= 0.6 is 11.6 Å². The number of rotatable bonds is 4. The quantitative estimate of drug-likeness (QED) is 0.909. The van der Waals surface area contributed by atoms with Crippen LogP contribution in [0.25, 0.3) is 0 Å². The highest BCUT2D eigenvalue weighted by Crippen LogP contribution is 2.24. The van der Waals surface area contributed by atoms with Gasteiger partial charge in [-0.05, 0) is 24.8 Å². The molecule has 6 heteroatoms. The van der Waals surface area contributed by atoms with E-state index in [-0.39, 0.29) is 16.5 Å². The summed E-state index contributed by atoms with van der Waals surface area (Å²) in [6.07, 6.45) is 3.17. The second-order valence-corrected chi connectivity index (χ2v) is 4.59. The van der Waals surface area contributed by atoms with Crippen LogP contribution in [0.3, 0.4) is 0 Å². The van der Waals surface area contributed by atoms with Crippen LogP contribution in [0.2, 0.25) is 5.02 Å². The second-order valence-electron chi connectivity index (χ2n) is 4.18. The van der Waals surface area contributed by atoms with Crippen LogP contribution in [0.5, 0.6) is 5.88 Å². The van der Waals surface area contributed by atoms with E-state index in [9.17, 15) is 4.79 Å². The van der Waals surface area contributed by atoms with E-state index in [0.29, 0.717) is 12.5 Å². The summed E-state index contributed by atoms with van der Waals surface area (Å²) in [7, 11) is 0. The topological polar surface area (TPSA) is 68.7 Å². The van der Waals surface area contributed by atoms with Crippen LogP contribution < -0.4 is 4.74 Å². The molecular weight excluding hydrogens is 258 g/mol. The Morgan fingerprint density at radius 2 is 2.28 bits per heavy atom. The molecule has 98 valence electrons. The predicted octanol–water partition coefficient (Wildman–Crippen LogP) is 2.24. The van der Waals surface area contributed by atoms with Crippen molar-refractivity contribution in [3.63, 3.8) is 0 Å². The Morgan fingerprint density at radius 3 is 2.89 bits per heavy atom. The van der Waals surface area contributed by atoms with Crippen molar-refractivity contribution in [3.05, 3.63) is 22.8 Å². The third-order valence-corrected chi connectivity index (χ3v) is 3.12. The van der Waals surface area contributed by atoms with Gasteiger partial charge in [-0.25, -0.2) is 9.78 Å². The molecule has 0 spiro atoms. The molecule has 0 saturated carbocycles. The monoisotopic (exact) mass is 271 g/mol. The summed E-state index contributed by atoms with van der Waals surface area (Å²) >= 11 is 5.92. The average Bonchev–Trinajstić information content (AvgIpc) is 2.38. The number of hydrogen-bond acceptors (Lipinski definition) is 4. The smallest absolute Gasteiger partial charge is 0.337 e. The Balaban J connectivity index is 1.94. The highest BCUT2D eigenvalue weighted by Gasteiger charge is 2.16. The number of aromatic carboxylic acids is 1. The fourth-order valence-electron chi connectivity index (χ4n) is 1.76. The van der Waals surface area contributed by atoms with Gasteiger partial charge < -0.3 is 14.6 Å². The average molecular weight is 272 g/mol. The third-order valence-electron chi connectivity index (χ3n) is 2.85. The van der Waals surface area contributed by atoms with E-state index in [1.54, 1.807) is 0 Å². The molecule has 0 amide bonds. The van der Waals surface area contributed by atoms with Crippen LogP contribution in [0.4, 0.5) is 0 Å². The van der Waals surface area contributed by atoms with Gasteiger partial charge in [-0.1, -0.05) is 11.6 Å². The van der Waals surface area contributed by atoms with Crippen LogP contribution in [0.1, 0.15) is 23.2 Å². The molecule has 5 nitrogen and oxygen atoms in total. The molecule has 1 aromatic rings. The lowest BCUT2D eigenvalue weighted by atomic mass is 10.0. The third kappa shape index (κ3) is 3.34. The number of carboxylic acid groups (broad SMARTS) is 1. The fourth-order valence-corrected chi connectivity index (χ4v) is 1.98. The summed E-state index contributed by atoms with van der Waals surface area (Å²) in [6.45, 7) is 2.04. The first-order valence-electron chi connectivity index (χ1n) is 5.76. The van der Waals surface area contributed by atoms with Crippen molar-refractivity contribution in [1.82, 2.24) is 4.98 Å². The first-order chi connectivity index (χ1) is 8.66. The molecule has 1 aliphatic heterocycles. The predicted molar refractivity (Wildman–Crippen MR) is 65.2 cm³/mol. The zero-order valence-corrected chi connectivity index (χ0v) is 10.5. The maximum atomic E-state index is 10.7. The van der Waals surface area contributed by atoms with Crippen molar-refractivity contribution in [1.29, 1.82) is 0 Å². The van der Waals surface area contributed by atoms with E-state index in [0.717, 1.165) is 26.1 Å². The van der Waals surface area contributed by atoms with E-state index in [1.165, 1.54) is 12.3 Å². The van der Waals surface area contributed by atoms with Crippen molar-refractivity contribution in [2.24, 2.45) is 5.92 Å². The number of pyridine rings is 1. The summed E-state index contributed by atoms with van der Waals surface area (Å²) in [5, 5.41) is 9.00. The van der Waals surface area contributed by atoms with Gasteiger partial charge in [0.25, 0.3) is 0 Å². The first-order valence-corrected chi connectivity index (χ1v) is 6.14. The zero-order chi connectivity index (χ0) is 13.0. The molecule has 0 unspecified atom stereocenters. The molecule has 0 aromatic carbocycles. The molecule has 0 atom stereocenters. The van der Waals surface area contributed by atoms with Crippen LogP contribution in [-0.4, -0.2) is 35.9 Å².